The van der Waals surface area contributed by atoms with Crippen LogP contribution in [0.2, 0.25) is 0 Å². The summed E-state index contributed by atoms with van der Waals surface area (Å²) in [6.07, 6.45) is 0.849. The molecule has 2 heterocycles. The lowest BCUT2D eigenvalue weighted by Crippen LogP contribution is -2.50. The average Bonchev–Trinajstić information content (AvgIpc) is 2.79. The molecule has 0 aliphatic carbocycles. The van der Waals surface area contributed by atoms with E-state index in [0.29, 0.717) is 37.1 Å². The van der Waals surface area contributed by atoms with Crippen LogP contribution in [0.4, 0.5) is 5.69 Å². The molecule has 1 fully saturated rings. The van der Waals surface area contributed by atoms with Crippen LogP contribution >= 0.6 is 0 Å². The second kappa shape index (κ2) is 9.14. The van der Waals surface area contributed by atoms with Gasteiger partial charge in [0.25, 0.3) is 5.91 Å². The molecule has 7 nitrogen and oxygen atoms in total. The quantitative estimate of drug-likeness (QED) is 0.688. The molecule has 1 aliphatic heterocycles. The van der Waals surface area contributed by atoms with Crippen molar-refractivity contribution < 1.29 is 14.0 Å². The van der Waals surface area contributed by atoms with Gasteiger partial charge in [-0.2, -0.15) is 0 Å². The topological polar surface area (TPSA) is 82.9 Å². The second-order valence-corrected chi connectivity index (χ2v) is 7.60. The summed E-state index contributed by atoms with van der Waals surface area (Å²) in [6.45, 7) is 4.41. The molecule has 2 aromatic carbocycles. The molecule has 4 rings (SSSR count). The smallest absolute Gasteiger partial charge is 0.289 e. The third kappa shape index (κ3) is 4.67. The summed E-state index contributed by atoms with van der Waals surface area (Å²) in [5.74, 6) is -0.323. The van der Waals surface area contributed by atoms with E-state index >= 15 is 0 Å². The number of fused-ring (bicyclic) bond motifs is 1. The molecule has 0 saturated carbocycles. The SMILES string of the molecule is CCc1ccccc1NC(=O)CN1CCN(C(=O)c2cc(=O)c3ccccc3o2)CC1. The highest BCUT2D eigenvalue weighted by molar-refractivity contribution is 5.94. The highest BCUT2D eigenvalue weighted by Crippen LogP contribution is 2.16. The lowest BCUT2D eigenvalue weighted by Gasteiger charge is -2.34. The Morgan fingerprint density at radius 1 is 1.00 bits per heavy atom. The zero-order chi connectivity index (χ0) is 21.8. The molecule has 0 radical (unpaired) electrons. The molecule has 31 heavy (non-hydrogen) atoms. The molecule has 3 aromatic rings. The van der Waals surface area contributed by atoms with Gasteiger partial charge in [0, 0.05) is 37.9 Å². The van der Waals surface area contributed by atoms with Crippen LogP contribution in [0.15, 0.2) is 63.8 Å². The van der Waals surface area contributed by atoms with Crippen molar-refractivity contribution in [3.8, 4) is 0 Å². The van der Waals surface area contributed by atoms with Crippen molar-refractivity contribution >= 4 is 28.5 Å². The number of para-hydroxylation sites is 2. The first kappa shape index (κ1) is 20.8. The Morgan fingerprint density at radius 3 is 2.48 bits per heavy atom. The number of hydrogen-bond acceptors (Lipinski definition) is 5. The lowest BCUT2D eigenvalue weighted by molar-refractivity contribution is -0.117. The number of anilines is 1. The molecular formula is C24H25N3O4. The van der Waals surface area contributed by atoms with Crippen LogP contribution in [0.5, 0.6) is 0 Å². The van der Waals surface area contributed by atoms with Crippen molar-refractivity contribution in [1.82, 2.24) is 9.80 Å². The van der Waals surface area contributed by atoms with Crippen LogP contribution in [0, 0.1) is 0 Å². The Morgan fingerprint density at radius 2 is 1.71 bits per heavy atom. The van der Waals surface area contributed by atoms with Crippen LogP contribution in [-0.4, -0.2) is 54.3 Å². The Labute approximate surface area is 180 Å². The molecule has 0 atom stereocenters. The Bertz CT molecular complexity index is 1160. The van der Waals surface area contributed by atoms with Gasteiger partial charge in [0.15, 0.2) is 11.2 Å². The summed E-state index contributed by atoms with van der Waals surface area (Å²) in [4.78, 5) is 41.2. The number of carbonyl (C=O) groups is 2. The van der Waals surface area contributed by atoms with Gasteiger partial charge in [-0.3, -0.25) is 19.3 Å². The number of carbonyl (C=O) groups excluding carboxylic acids is 2. The van der Waals surface area contributed by atoms with Crippen molar-refractivity contribution in [1.29, 1.82) is 0 Å². The molecule has 1 aromatic heterocycles. The number of piperazine rings is 1. The molecule has 0 unspecified atom stereocenters. The summed E-state index contributed by atoms with van der Waals surface area (Å²) in [5, 5.41) is 3.44. The first-order valence-electron chi connectivity index (χ1n) is 10.5. The van der Waals surface area contributed by atoms with Gasteiger partial charge in [0.1, 0.15) is 5.58 Å². The maximum Gasteiger partial charge on any atom is 0.289 e. The minimum Gasteiger partial charge on any atom is -0.451 e. The average molecular weight is 419 g/mol. The van der Waals surface area contributed by atoms with Crippen molar-refractivity contribution in [2.24, 2.45) is 0 Å². The van der Waals surface area contributed by atoms with Crippen molar-refractivity contribution in [3.05, 3.63) is 76.1 Å². The number of aryl methyl sites for hydroxylation is 1. The summed E-state index contributed by atoms with van der Waals surface area (Å²) < 4.78 is 5.67. The molecular weight excluding hydrogens is 394 g/mol. The summed E-state index contributed by atoms with van der Waals surface area (Å²) in [5.41, 5.74) is 2.12. The fourth-order valence-corrected chi connectivity index (χ4v) is 3.82. The molecule has 1 saturated heterocycles. The van der Waals surface area contributed by atoms with E-state index in [1.807, 2.05) is 29.2 Å². The zero-order valence-corrected chi connectivity index (χ0v) is 17.5. The lowest BCUT2D eigenvalue weighted by atomic mass is 10.1. The van der Waals surface area contributed by atoms with E-state index in [9.17, 15) is 14.4 Å². The van der Waals surface area contributed by atoms with E-state index in [4.69, 9.17) is 4.42 Å². The predicted molar refractivity (Wildman–Crippen MR) is 119 cm³/mol. The molecule has 1 aliphatic rings. The third-order valence-corrected chi connectivity index (χ3v) is 5.54. The summed E-state index contributed by atoms with van der Waals surface area (Å²) in [7, 11) is 0. The van der Waals surface area contributed by atoms with Gasteiger partial charge in [-0.25, -0.2) is 0 Å². The largest absolute Gasteiger partial charge is 0.451 e. The maximum absolute atomic E-state index is 12.8. The van der Waals surface area contributed by atoms with Crippen molar-refractivity contribution in [2.45, 2.75) is 13.3 Å². The Kier molecular flexibility index (Phi) is 6.13. The van der Waals surface area contributed by atoms with E-state index in [1.165, 1.54) is 6.07 Å². The molecule has 2 amide bonds. The number of benzene rings is 2. The molecule has 0 spiro atoms. The van der Waals surface area contributed by atoms with Crippen LogP contribution in [-0.2, 0) is 11.2 Å². The highest BCUT2D eigenvalue weighted by atomic mass is 16.3. The van der Waals surface area contributed by atoms with E-state index in [1.54, 1.807) is 29.2 Å². The normalized spacial score (nSPS) is 14.5. The van der Waals surface area contributed by atoms with Crippen LogP contribution in [0.1, 0.15) is 23.0 Å². The fraction of sp³-hybridized carbons (Fsp3) is 0.292. The summed E-state index contributed by atoms with van der Waals surface area (Å²) in [6, 6.07) is 15.9. The minimum absolute atomic E-state index is 0.0473. The van der Waals surface area contributed by atoms with Crippen molar-refractivity contribution in [2.75, 3.05) is 38.0 Å². The van der Waals surface area contributed by atoms with Gasteiger partial charge in [0.2, 0.25) is 5.91 Å². The predicted octanol–water partition coefficient (Wildman–Crippen LogP) is 2.75. The molecule has 1 N–H and O–H groups in total. The molecule has 0 bridgehead atoms. The van der Waals surface area contributed by atoms with E-state index in [2.05, 4.69) is 12.2 Å². The number of rotatable bonds is 5. The van der Waals surface area contributed by atoms with Gasteiger partial charge in [-0.15, -0.1) is 0 Å². The number of amides is 2. The van der Waals surface area contributed by atoms with E-state index in [-0.39, 0.29) is 29.5 Å². The van der Waals surface area contributed by atoms with Gasteiger partial charge in [-0.1, -0.05) is 37.3 Å². The second-order valence-electron chi connectivity index (χ2n) is 7.60. The molecule has 160 valence electrons. The van der Waals surface area contributed by atoms with Crippen LogP contribution in [0.25, 0.3) is 11.0 Å². The van der Waals surface area contributed by atoms with E-state index < -0.39 is 0 Å². The number of nitrogens with zero attached hydrogens (tertiary/aromatic N) is 2. The first-order chi connectivity index (χ1) is 15.0. The minimum atomic E-state index is -0.302. The van der Waals surface area contributed by atoms with Crippen LogP contribution < -0.4 is 10.7 Å². The summed E-state index contributed by atoms with van der Waals surface area (Å²) >= 11 is 0. The zero-order valence-electron chi connectivity index (χ0n) is 17.5. The maximum atomic E-state index is 12.8. The fourth-order valence-electron chi connectivity index (χ4n) is 3.82. The monoisotopic (exact) mass is 419 g/mol. The Balaban J connectivity index is 1.35. The highest BCUT2D eigenvalue weighted by Gasteiger charge is 2.25. The third-order valence-electron chi connectivity index (χ3n) is 5.54. The van der Waals surface area contributed by atoms with Crippen LogP contribution in [0.3, 0.4) is 0 Å². The first-order valence-corrected chi connectivity index (χ1v) is 10.5. The van der Waals surface area contributed by atoms with Gasteiger partial charge in [0.05, 0.1) is 11.9 Å². The number of hydrogen-bond donors (Lipinski definition) is 1. The van der Waals surface area contributed by atoms with Gasteiger partial charge in [-0.05, 0) is 30.2 Å². The van der Waals surface area contributed by atoms with Crippen molar-refractivity contribution in [3.63, 3.8) is 0 Å². The Hall–Kier alpha value is -3.45. The van der Waals surface area contributed by atoms with Gasteiger partial charge >= 0.3 is 0 Å². The standard InChI is InChI=1S/C24H25N3O4/c1-2-17-7-3-5-9-19(17)25-23(29)16-26-11-13-27(14-12-26)24(30)22-15-20(28)18-8-4-6-10-21(18)31-22/h3-10,15H,2,11-14,16H2,1H3,(H,25,29). The van der Waals surface area contributed by atoms with Gasteiger partial charge < -0.3 is 14.6 Å². The molecule has 7 heteroatoms. The van der Waals surface area contributed by atoms with E-state index in [0.717, 1.165) is 17.7 Å². The number of nitrogens with one attached hydrogen (secondary N) is 1.